The van der Waals surface area contributed by atoms with Crippen LogP contribution in [0.3, 0.4) is 0 Å². The third-order valence-corrected chi connectivity index (χ3v) is 6.79. The summed E-state index contributed by atoms with van der Waals surface area (Å²) in [6.07, 6.45) is 2.36. The number of ether oxygens (including phenoxy) is 2. The molecule has 0 saturated carbocycles. The smallest absolute Gasteiger partial charge is 0.268 e. The average molecular weight is 485 g/mol. The third kappa shape index (κ3) is 6.38. The summed E-state index contributed by atoms with van der Waals surface area (Å²) in [7, 11) is -2.05. The minimum absolute atomic E-state index is 0.0287. The van der Waals surface area contributed by atoms with Crippen LogP contribution in [0.15, 0.2) is 52.4 Å². The van der Waals surface area contributed by atoms with Crippen LogP contribution in [0.25, 0.3) is 6.08 Å². The van der Waals surface area contributed by atoms with Gasteiger partial charge >= 0.3 is 0 Å². The third-order valence-electron chi connectivity index (χ3n) is 4.28. The second-order valence-electron chi connectivity index (χ2n) is 6.96. The molecule has 1 aromatic heterocycles. The van der Waals surface area contributed by atoms with Crippen molar-refractivity contribution in [3.05, 3.63) is 64.7 Å². The highest BCUT2D eigenvalue weighted by molar-refractivity contribution is 7.92. The molecule has 1 N–H and O–H groups in total. The Bertz CT molecular complexity index is 1360. The zero-order valence-electron chi connectivity index (χ0n) is 18.0. The van der Waals surface area contributed by atoms with Crippen LogP contribution in [0, 0.1) is 18.3 Å². The van der Waals surface area contributed by atoms with E-state index in [1.165, 1.54) is 13.2 Å². The van der Waals surface area contributed by atoms with Gasteiger partial charge in [-0.3, -0.25) is 10.1 Å². The maximum Gasteiger partial charge on any atom is 0.268 e. The first kappa shape index (κ1) is 23.9. The number of carbonyl (C=O) groups is 1. The molecular weight excluding hydrogens is 464 g/mol. The summed E-state index contributed by atoms with van der Waals surface area (Å²) in [6.45, 7) is 2.36. The van der Waals surface area contributed by atoms with Gasteiger partial charge in [-0.1, -0.05) is 47.2 Å². The van der Waals surface area contributed by atoms with Gasteiger partial charge in [0.15, 0.2) is 11.5 Å². The van der Waals surface area contributed by atoms with Crippen molar-refractivity contribution in [1.29, 1.82) is 5.26 Å². The Morgan fingerprint density at radius 1 is 1.21 bits per heavy atom. The molecule has 2 aromatic carbocycles. The lowest BCUT2D eigenvalue weighted by molar-refractivity contribution is -0.112. The number of nitrogens with one attached hydrogen (secondary N) is 1. The number of carbonyl (C=O) groups excluding carboxylic acids is 1. The first-order chi connectivity index (χ1) is 15.7. The van der Waals surface area contributed by atoms with Gasteiger partial charge in [0.25, 0.3) is 5.91 Å². The van der Waals surface area contributed by atoms with Crippen molar-refractivity contribution in [2.45, 2.75) is 17.9 Å². The van der Waals surface area contributed by atoms with Crippen molar-refractivity contribution in [3.63, 3.8) is 0 Å². The molecule has 3 aromatic rings. The van der Waals surface area contributed by atoms with Crippen LogP contribution in [-0.2, 0) is 21.2 Å². The average Bonchev–Trinajstić information content (AvgIpc) is 3.25. The van der Waals surface area contributed by atoms with Gasteiger partial charge in [-0.05, 0) is 36.3 Å². The lowest BCUT2D eigenvalue weighted by atomic mass is 10.1. The molecule has 0 bridgehead atoms. The summed E-state index contributed by atoms with van der Waals surface area (Å²) in [4.78, 5) is 12.4. The van der Waals surface area contributed by atoms with Gasteiger partial charge in [-0.2, -0.15) is 5.26 Å². The van der Waals surface area contributed by atoms with Gasteiger partial charge in [0.1, 0.15) is 18.2 Å². The zero-order chi connectivity index (χ0) is 24.0. The maximum absolute atomic E-state index is 12.4. The van der Waals surface area contributed by atoms with E-state index in [0.29, 0.717) is 35.0 Å². The van der Waals surface area contributed by atoms with Crippen LogP contribution >= 0.6 is 11.3 Å². The van der Waals surface area contributed by atoms with Crippen molar-refractivity contribution in [1.82, 2.24) is 10.2 Å². The minimum atomic E-state index is -3.54. The Hall–Kier alpha value is -3.75. The number of nitrogens with zero attached hydrogens (tertiary/aromatic N) is 3. The fourth-order valence-corrected chi connectivity index (χ4v) is 4.25. The Morgan fingerprint density at radius 2 is 2.00 bits per heavy atom. The normalized spacial score (nSPS) is 11.5. The van der Waals surface area contributed by atoms with E-state index in [4.69, 9.17) is 9.47 Å². The quantitative estimate of drug-likeness (QED) is 0.292. The molecule has 11 heteroatoms. The molecule has 0 spiro atoms. The number of hydrogen-bond acceptors (Lipinski definition) is 9. The fraction of sp³-hybridized carbons (Fsp3) is 0.182. The number of aromatic nitrogens is 2. The van der Waals surface area contributed by atoms with E-state index in [0.717, 1.165) is 17.4 Å². The Labute approximate surface area is 195 Å². The summed E-state index contributed by atoms with van der Waals surface area (Å²) >= 11 is 0.700. The number of benzene rings is 2. The second kappa shape index (κ2) is 10.2. The lowest BCUT2D eigenvalue weighted by Crippen LogP contribution is -2.13. The summed E-state index contributed by atoms with van der Waals surface area (Å²) in [5.41, 5.74) is 2.48. The summed E-state index contributed by atoms with van der Waals surface area (Å²) in [5, 5.41) is 18.9. The van der Waals surface area contributed by atoms with Crippen molar-refractivity contribution in [2.75, 3.05) is 18.7 Å². The number of nitriles is 1. The van der Waals surface area contributed by atoms with E-state index in [-0.39, 0.29) is 15.0 Å². The molecule has 0 aliphatic heterocycles. The van der Waals surface area contributed by atoms with Gasteiger partial charge in [0.2, 0.25) is 19.3 Å². The topological polar surface area (TPSA) is 131 Å². The number of anilines is 1. The van der Waals surface area contributed by atoms with E-state index in [1.54, 1.807) is 18.2 Å². The molecular formula is C22H20N4O5S2. The highest BCUT2D eigenvalue weighted by Crippen LogP contribution is 2.30. The maximum atomic E-state index is 12.4. The van der Waals surface area contributed by atoms with E-state index >= 15 is 0 Å². The molecule has 0 saturated heterocycles. The Morgan fingerprint density at radius 3 is 2.64 bits per heavy atom. The predicted molar refractivity (Wildman–Crippen MR) is 124 cm³/mol. The van der Waals surface area contributed by atoms with Crippen molar-refractivity contribution in [2.24, 2.45) is 0 Å². The van der Waals surface area contributed by atoms with Crippen LogP contribution < -0.4 is 14.8 Å². The molecule has 1 amide bonds. The predicted octanol–water partition coefficient (Wildman–Crippen LogP) is 3.38. The molecule has 33 heavy (non-hydrogen) atoms. The molecule has 0 fully saturated rings. The van der Waals surface area contributed by atoms with Gasteiger partial charge in [-0.25, -0.2) is 8.42 Å². The number of hydrogen-bond donors (Lipinski definition) is 1. The molecule has 1 heterocycles. The second-order valence-corrected chi connectivity index (χ2v) is 10.1. The van der Waals surface area contributed by atoms with E-state index < -0.39 is 15.7 Å². The van der Waals surface area contributed by atoms with Crippen LogP contribution in [-0.4, -0.2) is 37.9 Å². The first-order valence-electron chi connectivity index (χ1n) is 9.52. The summed E-state index contributed by atoms with van der Waals surface area (Å²) in [6, 6.07) is 14.8. The first-order valence-corrected chi connectivity index (χ1v) is 12.2. The molecule has 0 aliphatic rings. The van der Waals surface area contributed by atoms with E-state index in [2.05, 4.69) is 15.5 Å². The number of amides is 1. The highest BCUT2D eigenvalue weighted by Gasteiger charge is 2.17. The van der Waals surface area contributed by atoms with Gasteiger partial charge in [-0.15, -0.1) is 10.2 Å². The monoisotopic (exact) mass is 484 g/mol. The largest absolute Gasteiger partial charge is 0.493 e. The fourth-order valence-electron chi connectivity index (χ4n) is 2.75. The summed E-state index contributed by atoms with van der Waals surface area (Å²) in [5.74, 6) is 0.213. The minimum Gasteiger partial charge on any atom is -0.493 e. The van der Waals surface area contributed by atoms with Crippen LogP contribution in [0.1, 0.15) is 16.7 Å². The number of methoxy groups -OCH3 is 1. The Kier molecular flexibility index (Phi) is 7.42. The van der Waals surface area contributed by atoms with Gasteiger partial charge in [0.05, 0.1) is 7.11 Å². The number of sulfone groups is 1. The molecule has 170 valence electrons. The van der Waals surface area contributed by atoms with E-state index in [1.807, 2.05) is 37.3 Å². The molecule has 9 nitrogen and oxygen atoms in total. The van der Waals surface area contributed by atoms with Gasteiger partial charge < -0.3 is 9.47 Å². The summed E-state index contributed by atoms with van der Waals surface area (Å²) < 4.78 is 34.0. The number of aryl methyl sites for hydroxylation is 1. The highest BCUT2D eigenvalue weighted by atomic mass is 32.2. The van der Waals surface area contributed by atoms with Crippen LogP contribution in [0.2, 0.25) is 0 Å². The SMILES string of the molecule is COc1cc(/C=C(/C#N)C(=O)Nc2nnc(S(C)(=O)=O)s2)ccc1OCc1cccc(C)c1. The molecule has 0 atom stereocenters. The molecule has 0 radical (unpaired) electrons. The van der Waals surface area contributed by atoms with Crippen molar-refractivity contribution >= 4 is 38.3 Å². The standard InChI is InChI=1S/C22H20N4O5S2/c1-14-5-4-6-16(9-14)13-31-18-8-7-15(11-19(18)30-2)10-17(12-23)20(27)24-21-25-26-22(32-21)33(3,28)29/h4-11H,13H2,1-3H3,(H,24,25,27)/b17-10-. The molecule has 0 aliphatic carbocycles. The zero-order valence-corrected chi connectivity index (χ0v) is 19.7. The lowest BCUT2D eigenvalue weighted by Gasteiger charge is -2.12. The van der Waals surface area contributed by atoms with Crippen molar-refractivity contribution in [3.8, 4) is 17.6 Å². The molecule has 0 unspecified atom stereocenters. The number of rotatable bonds is 8. The Balaban J connectivity index is 1.75. The van der Waals surface area contributed by atoms with Crippen molar-refractivity contribution < 1.29 is 22.7 Å². The van der Waals surface area contributed by atoms with Crippen LogP contribution in [0.4, 0.5) is 5.13 Å². The molecule has 3 rings (SSSR count). The van der Waals surface area contributed by atoms with Crippen LogP contribution in [0.5, 0.6) is 11.5 Å². The van der Waals surface area contributed by atoms with E-state index in [9.17, 15) is 18.5 Å². The van der Waals surface area contributed by atoms with Gasteiger partial charge in [0, 0.05) is 6.26 Å².